The number of para-hydroxylation sites is 1. The minimum absolute atomic E-state index is 0.0349. The Hall–Kier alpha value is -2.61. The number of benzene rings is 1. The van der Waals surface area contributed by atoms with Crippen LogP contribution in [-0.4, -0.2) is 21.5 Å². The van der Waals surface area contributed by atoms with Crippen molar-refractivity contribution in [1.29, 1.82) is 0 Å². The maximum Gasteiger partial charge on any atom is 0.328 e. The van der Waals surface area contributed by atoms with Crippen LogP contribution in [0.25, 0.3) is 0 Å². The Bertz CT molecular complexity index is 812. The van der Waals surface area contributed by atoms with Crippen LogP contribution in [0, 0.1) is 10.1 Å². The number of hydrogen-bond donors (Lipinski definition) is 2. The molecule has 2 rings (SSSR count). The number of H-pyrrole nitrogens is 1. The molecule has 110 valence electrons. The first-order chi connectivity index (χ1) is 9.93. The van der Waals surface area contributed by atoms with E-state index in [1.807, 2.05) is 0 Å². The van der Waals surface area contributed by atoms with Crippen molar-refractivity contribution in [3.8, 4) is 0 Å². The van der Waals surface area contributed by atoms with Gasteiger partial charge in [-0.15, -0.1) is 0 Å². The molecule has 0 saturated heterocycles. The summed E-state index contributed by atoms with van der Waals surface area (Å²) < 4.78 is 1.17. The summed E-state index contributed by atoms with van der Waals surface area (Å²) in [5.74, 6) is 0. The SMILES string of the molecule is CNc1c(Cn2cc(Cl)c(=O)[nH]c2=O)cccc1[N+](=O)[O-]. The maximum absolute atomic E-state index is 11.7. The molecule has 0 saturated carbocycles. The van der Waals surface area contributed by atoms with Gasteiger partial charge in [-0.3, -0.25) is 24.5 Å². The highest BCUT2D eigenvalue weighted by Crippen LogP contribution is 2.28. The van der Waals surface area contributed by atoms with E-state index in [1.54, 1.807) is 13.1 Å². The highest BCUT2D eigenvalue weighted by Gasteiger charge is 2.16. The number of aromatic amines is 1. The number of nitro groups is 1. The van der Waals surface area contributed by atoms with Crippen molar-refractivity contribution in [3.05, 3.63) is 65.9 Å². The molecule has 0 aliphatic rings. The lowest BCUT2D eigenvalue weighted by Gasteiger charge is -2.11. The first kappa shape index (κ1) is 14.8. The smallest absolute Gasteiger partial charge is 0.328 e. The first-order valence-corrected chi connectivity index (χ1v) is 6.25. The Morgan fingerprint density at radius 1 is 1.43 bits per heavy atom. The molecule has 1 aromatic carbocycles. The van der Waals surface area contributed by atoms with Gasteiger partial charge in [0, 0.05) is 24.9 Å². The van der Waals surface area contributed by atoms with Crippen LogP contribution < -0.4 is 16.6 Å². The molecule has 2 N–H and O–H groups in total. The molecule has 0 radical (unpaired) electrons. The van der Waals surface area contributed by atoms with Crippen LogP contribution in [0.3, 0.4) is 0 Å². The van der Waals surface area contributed by atoms with E-state index in [2.05, 4.69) is 10.3 Å². The molecule has 0 aliphatic heterocycles. The molecular formula is C12H11ClN4O4. The molecule has 2 aromatic rings. The average molecular weight is 311 g/mol. The number of nitrogens with one attached hydrogen (secondary N) is 2. The lowest BCUT2D eigenvalue weighted by molar-refractivity contribution is -0.384. The highest BCUT2D eigenvalue weighted by atomic mass is 35.5. The molecule has 0 amide bonds. The lowest BCUT2D eigenvalue weighted by Crippen LogP contribution is -2.30. The van der Waals surface area contributed by atoms with E-state index in [1.165, 1.54) is 22.9 Å². The van der Waals surface area contributed by atoms with E-state index in [0.29, 0.717) is 11.3 Å². The van der Waals surface area contributed by atoms with E-state index in [-0.39, 0.29) is 17.3 Å². The van der Waals surface area contributed by atoms with Gasteiger partial charge >= 0.3 is 5.69 Å². The molecular weight excluding hydrogens is 300 g/mol. The second-order valence-electron chi connectivity index (χ2n) is 4.18. The topological polar surface area (TPSA) is 110 Å². The van der Waals surface area contributed by atoms with Gasteiger partial charge < -0.3 is 5.32 Å². The third-order valence-electron chi connectivity index (χ3n) is 2.88. The fourth-order valence-corrected chi connectivity index (χ4v) is 2.11. The van der Waals surface area contributed by atoms with Gasteiger partial charge in [-0.2, -0.15) is 0 Å². The molecule has 1 heterocycles. The maximum atomic E-state index is 11.7. The predicted molar refractivity (Wildman–Crippen MR) is 78.1 cm³/mol. The van der Waals surface area contributed by atoms with Crippen LogP contribution in [0.4, 0.5) is 11.4 Å². The molecule has 0 fully saturated rings. The second-order valence-corrected chi connectivity index (χ2v) is 4.59. The zero-order valence-corrected chi connectivity index (χ0v) is 11.7. The van der Waals surface area contributed by atoms with Crippen LogP contribution in [0.5, 0.6) is 0 Å². The third-order valence-corrected chi connectivity index (χ3v) is 3.15. The van der Waals surface area contributed by atoms with E-state index < -0.39 is 16.2 Å². The van der Waals surface area contributed by atoms with Crippen LogP contribution in [-0.2, 0) is 6.54 Å². The molecule has 0 aliphatic carbocycles. The molecule has 9 heteroatoms. The molecule has 0 atom stereocenters. The average Bonchev–Trinajstić information content (AvgIpc) is 2.44. The number of rotatable bonds is 4. The molecule has 8 nitrogen and oxygen atoms in total. The summed E-state index contributed by atoms with van der Waals surface area (Å²) in [6.07, 6.45) is 1.20. The third kappa shape index (κ3) is 2.95. The summed E-state index contributed by atoms with van der Waals surface area (Å²) >= 11 is 5.68. The van der Waals surface area contributed by atoms with Gasteiger partial charge in [-0.25, -0.2) is 4.79 Å². The predicted octanol–water partition coefficient (Wildman–Crippen LogP) is 1.19. The van der Waals surface area contributed by atoms with Crippen molar-refractivity contribution in [2.45, 2.75) is 6.54 Å². The van der Waals surface area contributed by atoms with E-state index >= 15 is 0 Å². The van der Waals surface area contributed by atoms with Crippen molar-refractivity contribution in [2.75, 3.05) is 12.4 Å². The van der Waals surface area contributed by atoms with E-state index in [0.717, 1.165) is 0 Å². The van der Waals surface area contributed by atoms with Gasteiger partial charge in [0.2, 0.25) is 0 Å². The van der Waals surface area contributed by atoms with Crippen molar-refractivity contribution in [3.63, 3.8) is 0 Å². The number of halogens is 1. The molecule has 1 aromatic heterocycles. The normalized spacial score (nSPS) is 10.4. The second kappa shape index (κ2) is 5.80. The Kier molecular flexibility index (Phi) is 4.08. The highest BCUT2D eigenvalue weighted by molar-refractivity contribution is 6.30. The molecule has 0 spiro atoms. The summed E-state index contributed by atoms with van der Waals surface area (Å²) in [4.78, 5) is 35.4. The summed E-state index contributed by atoms with van der Waals surface area (Å²) in [5.41, 5.74) is -0.587. The molecule has 0 bridgehead atoms. The standard InChI is InChI=1S/C12H11ClN4O4/c1-14-10-7(3-2-4-9(10)17(20)21)5-16-6-8(13)11(18)15-12(16)19/h2-4,6,14H,5H2,1H3,(H,15,18,19). The molecule has 21 heavy (non-hydrogen) atoms. The monoisotopic (exact) mass is 310 g/mol. The molecule has 0 unspecified atom stereocenters. The summed E-state index contributed by atoms with van der Waals surface area (Å²) in [6.45, 7) is 0.0349. The Labute approximate surface area is 123 Å². The first-order valence-electron chi connectivity index (χ1n) is 5.87. The Morgan fingerprint density at radius 2 is 2.14 bits per heavy atom. The quantitative estimate of drug-likeness (QED) is 0.651. The number of aromatic nitrogens is 2. The Morgan fingerprint density at radius 3 is 2.76 bits per heavy atom. The summed E-state index contributed by atoms with van der Waals surface area (Å²) in [5, 5.41) is 13.6. The van der Waals surface area contributed by atoms with Gasteiger partial charge in [0.1, 0.15) is 10.7 Å². The van der Waals surface area contributed by atoms with Crippen molar-refractivity contribution < 1.29 is 4.92 Å². The fraction of sp³-hybridized carbons (Fsp3) is 0.167. The van der Waals surface area contributed by atoms with Crippen LogP contribution in [0.15, 0.2) is 34.0 Å². The number of nitrogens with zero attached hydrogens (tertiary/aromatic N) is 2. The van der Waals surface area contributed by atoms with Gasteiger partial charge in [-0.05, 0) is 0 Å². The zero-order valence-electron chi connectivity index (χ0n) is 10.9. The van der Waals surface area contributed by atoms with E-state index in [9.17, 15) is 19.7 Å². The van der Waals surface area contributed by atoms with E-state index in [4.69, 9.17) is 11.6 Å². The minimum Gasteiger partial charge on any atom is -0.382 e. The summed E-state index contributed by atoms with van der Waals surface area (Å²) in [7, 11) is 1.55. The Balaban J connectivity index is 2.52. The lowest BCUT2D eigenvalue weighted by atomic mass is 10.1. The van der Waals surface area contributed by atoms with Crippen molar-refractivity contribution >= 4 is 23.0 Å². The van der Waals surface area contributed by atoms with Gasteiger partial charge in [0.25, 0.3) is 11.2 Å². The number of nitro benzene ring substituents is 1. The van der Waals surface area contributed by atoms with Gasteiger partial charge in [-0.1, -0.05) is 23.7 Å². The van der Waals surface area contributed by atoms with Crippen LogP contribution in [0.1, 0.15) is 5.56 Å². The number of hydrogen-bond acceptors (Lipinski definition) is 5. The summed E-state index contributed by atoms with van der Waals surface area (Å²) in [6, 6.07) is 4.52. The van der Waals surface area contributed by atoms with Crippen LogP contribution in [0.2, 0.25) is 5.02 Å². The van der Waals surface area contributed by atoms with Gasteiger partial charge in [0.15, 0.2) is 0 Å². The van der Waals surface area contributed by atoms with Crippen LogP contribution >= 0.6 is 11.6 Å². The zero-order chi connectivity index (χ0) is 15.6. The minimum atomic E-state index is -0.675. The van der Waals surface area contributed by atoms with Crippen molar-refractivity contribution in [2.24, 2.45) is 0 Å². The van der Waals surface area contributed by atoms with Gasteiger partial charge in [0.05, 0.1) is 11.5 Å². The fourth-order valence-electron chi connectivity index (χ4n) is 1.94. The van der Waals surface area contributed by atoms with Crippen molar-refractivity contribution in [1.82, 2.24) is 9.55 Å². The number of anilines is 1. The largest absolute Gasteiger partial charge is 0.382 e.